The number of nitrogens with zero attached hydrogens (tertiary/aromatic N) is 2. The van der Waals surface area contributed by atoms with Crippen molar-refractivity contribution in [3.05, 3.63) is 63.1 Å². The summed E-state index contributed by atoms with van der Waals surface area (Å²) in [6, 6.07) is 6.57. The van der Waals surface area contributed by atoms with Gasteiger partial charge in [0.25, 0.3) is 0 Å². The fourth-order valence-electron chi connectivity index (χ4n) is 3.05. The van der Waals surface area contributed by atoms with Crippen LogP contribution in [0.5, 0.6) is 5.75 Å². The van der Waals surface area contributed by atoms with Crippen LogP contribution < -0.4 is 4.74 Å². The fourth-order valence-corrected chi connectivity index (χ4v) is 3.29. The summed E-state index contributed by atoms with van der Waals surface area (Å²) >= 11 is 6.05. The van der Waals surface area contributed by atoms with Gasteiger partial charge in [-0.1, -0.05) is 11.6 Å². The molecule has 0 spiro atoms. The van der Waals surface area contributed by atoms with Gasteiger partial charge in [0.2, 0.25) is 0 Å². The lowest BCUT2D eigenvalue weighted by Crippen LogP contribution is -2.35. The first kappa shape index (κ1) is 18.0. The molecule has 0 saturated heterocycles. The second-order valence-electron chi connectivity index (χ2n) is 6.28. The normalized spacial score (nSPS) is 19.8. The number of quaternary nitrogens is 1. The number of pyridine rings is 1. The standard InChI is InChI=1S/C17H16ClF3N2O2/c1-11-6-12(2-3-15(11)25-10-17(19,20)21)7-23(24)8-13-4-5-22-16(18)14(13)9-23/h2-6H,7-10H2,1H3. The van der Waals surface area contributed by atoms with Crippen molar-refractivity contribution < 1.29 is 22.6 Å². The summed E-state index contributed by atoms with van der Waals surface area (Å²) in [6.45, 7) is 1.04. The van der Waals surface area contributed by atoms with Gasteiger partial charge in [-0.2, -0.15) is 13.2 Å². The van der Waals surface area contributed by atoms with Crippen molar-refractivity contribution >= 4 is 11.6 Å². The van der Waals surface area contributed by atoms with Crippen molar-refractivity contribution in [1.82, 2.24) is 4.98 Å². The van der Waals surface area contributed by atoms with Gasteiger partial charge in [0, 0.05) is 17.3 Å². The molecule has 25 heavy (non-hydrogen) atoms. The number of aryl methyl sites for hydroxylation is 1. The summed E-state index contributed by atoms with van der Waals surface area (Å²) in [7, 11) is 0. The Balaban J connectivity index is 1.72. The predicted octanol–water partition coefficient (Wildman–Crippen LogP) is 4.51. The first-order chi connectivity index (χ1) is 11.7. The summed E-state index contributed by atoms with van der Waals surface area (Å²) in [6.07, 6.45) is -2.81. The molecule has 3 rings (SSSR count). The van der Waals surface area contributed by atoms with Gasteiger partial charge in [-0.05, 0) is 36.8 Å². The van der Waals surface area contributed by atoms with E-state index in [1.54, 1.807) is 31.3 Å². The highest BCUT2D eigenvalue weighted by Gasteiger charge is 2.31. The third-order valence-electron chi connectivity index (χ3n) is 4.11. The van der Waals surface area contributed by atoms with Crippen LogP contribution in [0.25, 0.3) is 0 Å². The quantitative estimate of drug-likeness (QED) is 0.450. The van der Waals surface area contributed by atoms with Crippen LogP contribution in [0.2, 0.25) is 5.15 Å². The third kappa shape index (κ3) is 4.23. The first-order valence-corrected chi connectivity index (χ1v) is 8.01. The Bertz CT molecular complexity index is 798. The highest BCUT2D eigenvalue weighted by Crippen LogP contribution is 2.34. The van der Waals surface area contributed by atoms with Crippen LogP contribution in [-0.4, -0.2) is 22.4 Å². The lowest BCUT2D eigenvalue weighted by atomic mass is 10.1. The molecule has 0 radical (unpaired) electrons. The van der Waals surface area contributed by atoms with E-state index >= 15 is 0 Å². The molecule has 1 aliphatic heterocycles. The Kier molecular flexibility index (Phi) is 4.66. The van der Waals surface area contributed by atoms with Gasteiger partial charge in [-0.25, -0.2) is 4.98 Å². The zero-order valence-corrected chi connectivity index (χ0v) is 14.2. The smallest absolute Gasteiger partial charge is 0.422 e. The minimum atomic E-state index is -4.38. The topological polar surface area (TPSA) is 45.2 Å². The number of benzene rings is 1. The van der Waals surface area contributed by atoms with Crippen LogP contribution in [0.1, 0.15) is 22.3 Å². The summed E-state index contributed by atoms with van der Waals surface area (Å²) in [5.41, 5.74) is 2.95. The number of halogens is 4. The molecule has 8 heteroatoms. The van der Waals surface area contributed by atoms with Crippen LogP contribution in [0, 0.1) is 12.1 Å². The van der Waals surface area contributed by atoms with E-state index in [9.17, 15) is 18.4 Å². The molecule has 4 nitrogen and oxygen atoms in total. The molecule has 1 unspecified atom stereocenters. The molecular weight excluding hydrogens is 357 g/mol. The van der Waals surface area contributed by atoms with Crippen molar-refractivity contribution in [2.45, 2.75) is 32.7 Å². The Labute approximate surface area is 148 Å². The van der Waals surface area contributed by atoms with E-state index in [4.69, 9.17) is 16.3 Å². The number of fused-ring (bicyclic) bond motifs is 1. The molecule has 2 aromatic rings. The lowest BCUT2D eigenvalue weighted by molar-refractivity contribution is -0.913. The van der Waals surface area contributed by atoms with E-state index < -0.39 is 17.4 Å². The molecule has 1 atom stereocenters. The molecule has 0 fully saturated rings. The van der Waals surface area contributed by atoms with E-state index in [1.165, 1.54) is 6.07 Å². The maximum atomic E-state index is 13.0. The lowest BCUT2D eigenvalue weighted by Gasteiger charge is -2.38. The van der Waals surface area contributed by atoms with Crippen LogP contribution in [0.15, 0.2) is 30.5 Å². The zero-order valence-electron chi connectivity index (χ0n) is 13.4. The number of hydroxylamine groups is 3. The molecule has 0 N–H and O–H groups in total. The molecule has 2 heterocycles. The van der Waals surface area contributed by atoms with Gasteiger partial charge in [-0.15, -0.1) is 0 Å². The second kappa shape index (κ2) is 6.48. The average Bonchev–Trinajstić information content (AvgIpc) is 2.83. The average molecular weight is 373 g/mol. The number of hydrogen-bond acceptors (Lipinski definition) is 3. The fraction of sp³-hybridized carbons (Fsp3) is 0.353. The molecule has 0 amide bonds. The molecule has 1 aromatic carbocycles. The number of rotatable bonds is 4. The Morgan fingerprint density at radius 3 is 2.68 bits per heavy atom. The molecule has 0 bridgehead atoms. The number of aromatic nitrogens is 1. The van der Waals surface area contributed by atoms with Crippen molar-refractivity contribution in [1.29, 1.82) is 0 Å². The van der Waals surface area contributed by atoms with Gasteiger partial charge in [0.1, 0.15) is 30.5 Å². The van der Waals surface area contributed by atoms with Gasteiger partial charge in [0.15, 0.2) is 6.61 Å². The minimum Gasteiger partial charge on any atom is -0.632 e. The van der Waals surface area contributed by atoms with Crippen LogP contribution >= 0.6 is 11.6 Å². The summed E-state index contributed by atoms with van der Waals surface area (Å²) in [5.74, 6) is 0.162. The number of hydrogen-bond donors (Lipinski definition) is 0. The molecule has 1 aliphatic rings. The van der Waals surface area contributed by atoms with Gasteiger partial charge in [0.05, 0.1) is 5.56 Å². The van der Waals surface area contributed by atoms with E-state index in [2.05, 4.69) is 4.98 Å². The van der Waals surface area contributed by atoms with E-state index in [0.717, 1.165) is 16.7 Å². The van der Waals surface area contributed by atoms with Crippen LogP contribution in [0.4, 0.5) is 13.2 Å². The van der Waals surface area contributed by atoms with Gasteiger partial charge < -0.3 is 14.6 Å². The first-order valence-electron chi connectivity index (χ1n) is 7.64. The van der Waals surface area contributed by atoms with Crippen LogP contribution in [0.3, 0.4) is 0 Å². The number of ether oxygens (including phenoxy) is 1. The molecule has 0 aliphatic carbocycles. The van der Waals surface area contributed by atoms with Crippen LogP contribution in [-0.2, 0) is 19.6 Å². The van der Waals surface area contributed by atoms with Gasteiger partial charge in [-0.3, -0.25) is 0 Å². The minimum absolute atomic E-state index is 0.162. The maximum absolute atomic E-state index is 13.0. The number of alkyl halides is 3. The zero-order chi connectivity index (χ0) is 18.2. The third-order valence-corrected chi connectivity index (χ3v) is 4.43. The van der Waals surface area contributed by atoms with E-state index in [1.807, 2.05) is 0 Å². The van der Waals surface area contributed by atoms with Crippen molar-refractivity contribution in [3.63, 3.8) is 0 Å². The molecular formula is C17H16ClF3N2O2. The van der Waals surface area contributed by atoms with Crippen molar-refractivity contribution in [2.24, 2.45) is 0 Å². The summed E-state index contributed by atoms with van der Waals surface area (Å²) in [4.78, 5) is 4.00. The van der Waals surface area contributed by atoms with E-state index in [-0.39, 0.29) is 18.8 Å². The second-order valence-corrected chi connectivity index (χ2v) is 6.63. The summed E-state index contributed by atoms with van der Waals surface area (Å²) < 4.78 is 41.0. The highest BCUT2D eigenvalue weighted by atomic mass is 35.5. The Hall–Kier alpha value is -1.83. The highest BCUT2D eigenvalue weighted by molar-refractivity contribution is 6.30. The molecule has 134 valence electrons. The monoisotopic (exact) mass is 372 g/mol. The molecule has 1 aromatic heterocycles. The largest absolute Gasteiger partial charge is 0.632 e. The van der Waals surface area contributed by atoms with Crippen molar-refractivity contribution in [3.8, 4) is 5.75 Å². The van der Waals surface area contributed by atoms with E-state index in [0.29, 0.717) is 17.3 Å². The summed E-state index contributed by atoms with van der Waals surface area (Å²) in [5, 5.41) is 13.4. The molecule has 0 saturated carbocycles. The SMILES string of the molecule is Cc1cc(C[N+]2([O-])Cc3ccnc(Cl)c3C2)ccc1OCC(F)(F)F. The Morgan fingerprint density at radius 2 is 2.04 bits per heavy atom. The predicted molar refractivity (Wildman–Crippen MR) is 86.7 cm³/mol. The van der Waals surface area contributed by atoms with Gasteiger partial charge >= 0.3 is 6.18 Å². The Morgan fingerprint density at radius 1 is 1.28 bits per heavy atom. The maximum Gasteiger partial charge on any atom is 0.422 e. The van der Waals surface area contributed by atoms with Crippen molar-refractivity contribution in [2.75, 3.05) is 6.61 Å².